The molecule has 19 heavy (non-hydrogen) atoms. The van der Waals surface area contributed by atoms with Gasteiger partial charge in [0, 0.05) is 19.1 Å². The van der Waals surface area contributed by atoms with Crippen molar-refractivity contribution in [3.05, 3.63) is 11.7 Å². The molecule has 2 aliphatic rings. The van der Waals surface area contributed by atoms with Crippen molar-refractivity contribution >= 4 is 0 Å². The molecule has 1 aromatic rings. The average molecular weight is 265 g/mol. The van der Waals surface area contributed by atoms with Crippen LogP contribution in [0.1, 0.15) is 56.8 Å². The highest BCUT2D eigenvalue weighted by Crippen LogP contribution is 2.38. The summed E-state index contributed by atoms with van der Waals surface area (Å²) in [5, 5.41) is 7.71. The molecule has 5 heteroatoms. The fourth-order valence-corrected chi connectivity index (χ4v) is 3.33. The summed E-state index contributed by atoms with van der Waals surface area (Å²) in [5.41, 5.74) is 0. The van der Waals surface area contributed by atoms with E-state index in [1.807, 2.05) is 6.92 Å². The average Bonchev–Trinajstić information content (AvgIpc) is 3.04. The maximum atomic E-state index is 5.41. The first-order chi connectivity index (χ1) is 9.36. The van der Waals surface area contributed by atoms with Gasteiger partial charge in [0.05, 0.1) is 12.6 Å². The molecule has 0 aromatic carbocycles. The van der Waals surface area contributed by atoms with E-state index < -0.39 is 0 Å². The second-order valence-corrected chi connectivity index (χ2v) is 5.60. The Bertz CT molecular complexity index is 393. The highest BCUT2D eigenvalue weighted by molar-refractivity contribution is 5.01. The highest BCUT2D eigenvalue weighted by atomic mass is 16.5. The molecule has 1 N–H and O–H groups in total. The summed E-state index contributed by atoms with van der Waals surface area (Å²) in [6.07, 6.45) is 7.25. The Hall–Kier alpha value is -0.940. The van der Waals surface area contributed by atoms with E-state index in [1.165, 1.54) is 25.7 Å². The van der Waals surface area contributed by atoms with Crippen LogP contribution in [0.4, 0.5) is 0 Å². The lowest BCUT2D eigenvalue weighted by Gasteiger charge is -2.24. The molecule has 1 saturated carbocycles. The molecule has 3 rings (SSSR count). The zero-order chi connectivity index (χ0) is 13.1. The lowest BCUT2D eigenvalue weighted by atomic mass is 9.85. The van der Waals surface area contributed by atoms with Crippen LogP contribution in [0.2, 0.25) is 0 Å². The number of rotatable bonds is 5. The summed E-state index contributed by atoms with van der Waals surface area (Å²) in [4.78, 5) is 4.50. The van der Waals surface area contributed by atoms with Gasteiger partial charge in [0.2, 0.25) is 5.89 Å². The summed E-state index contributed by atoms with van der Waals surface area (Å²) < 4.78 is 10.7. The van der Waals surface area contributed by atoms with Gasteiger partial charge in [-0.15, -0.1) is 0 Å². The van der Waals surface area contributed by atoms with Crippen LogP contribution < -0.4 is 5.32 Å². The van der Waals surface area contributed by atoms with Gasteiger partial charge in [-0.05, 0) is 32.1 Å². The van der Waals surface area contributed by atoms with Crippen LogP contribution >= 0.6 is 0 Å². The third kappa shape index (κ3) is 2.98. The van der Waals surface area contributed by atoms with Crippen LogP contribution in [-0.2, 0) is 11.2 Å². The predicted octanol–water partition coefficient (Wildman–Crippen LogP) is 2.24. The maximum Gasteiger partial charge on any atom is 0.243 e. The Labute approximate surface area is 114 Å². The first-order valence-corrected chi connectivity index (χ1v) is 7.53. The summed E-state index contributed by atoms with van der Waals surface area (Å²) >= 11 is 0. The molecule has 5 nitrogen and oxygen atoms in total. The van der Waals surface area contributed by atoms with Gasteiger partial charge in [0.25, 0.3) is 0 Å². The van der Waals surface area contributed by atoms with Gasteiger partial charge in [-0.2, -0.15) is 4.98 Å². The van der Waals surface area contributed by atoms with Gasteiger partial charge in [0.15, 0.2) is 5.82 Å². The van der Waals surface area contributed by atoms with Crippen molar-refractivity contribution in [1.29, 1.82) is 0 Å². The van der Waals surface area contributed by atoms with E-state index in [4.69, 9.17) is 9.26 Å². The van der Waals surface area contributed by atoms with Gasteiger partial charge in [-0.25, -0.2) is 0 Å². The fourth-order valence-electron chi connectivity index (χ4n) is 3.33. The Morgan fingerprint density at radius 3 is 3.11 bits per heavy atom. The Morgan fingerprint density at radius 1 is 1.37 bits per heavy atom. The van der Waals surface area contributed by atoms with Crippen molar-refractivity contribution in [2.45, 2.75) is 57.5 Å². The van der Waals surface area contributed by atoms with Crippen LogP contribution in [0.15, 0.2) is 4.52 Å². The van der Waals surface area contributed by atoms with Crippen LogP contribution in [-0.4, -0.2) is 29.4 Å². The molecule has 1 aromatic heterocycles. The van der Waals surface area contributed by atoms with Crippen molar-refractivity contribution in [3.8, 4) is 0 Å². The zero-order valence-corrected chi connectivity index (χ0v) is 11.6. The monoisotopic (exact) mass is 265 g/mol. The maximum absolute atomic E-state index is 5.41. The Kier molecular flexibility index (Phi) is 4.13. The van der Waals surface area contributed by atoms with E-state index in [0.717, 1.165) is 37.1 Å². The predicted molar refractivity (Wildman–Crippen MR) is 70.7 cm³/mol. The molecule has 1 saturated heterocycles. The third-order valence-corrected chi connectivity index (χ3v) is 4.32. The minimum absolute atomic E-state index is 0.265. The standard InChI is InChI=1S/C14H23N3O2/c1-2-18-8-7-13-16-14(19-17-13)12-9-10-5-3-4-6-11(10)15-12/h10-12,15H,2-9H2,1H3. The molecule has 1 aliphatic heterocycles. The number of hydrogen-bond acceptors (Lipinski definition) is 5. The van der Waals surface area contributed by atoms with Gasteiger partial charge in [-0.1, -0.05) is 18.0 Å². The third-order valence-electron chi connectivity index (χ3n) is 4.32. The van der Waals surface area contributed by atoms with Crippen molar-refractivity contribution in [3.63, 3.8) is 0 Å². The molecule has 1 aliphatic carbocycles. The molecule has 0 amide bonds. The molecule has 3 unspecified atom stereocenters. The quantitative estimate of drug-likeness (QED) is 0.827. The number of nitrogens with one attached hydrogen (secondary N) is 1. The van der Waals surface area contributed by atoms with Crippen molar-refractivity contribution < 1.29 is 9.26 Å². The molecule has 0 radical (unpaired) electrons. The molecule has 0 spiro atoms. The van der Waals surface area contributed by atoms with E-state index in [0.29, 0.717) is 12.6 Å². The fraction of sp³-hybridized carbons (Fsp3) is 0.857. The topological polar surface area (TPSA) is 60.2 Å². The smallest absolute Gasteiger partial charge is 0.243 e. The summed E-state index contributed by atoms with van der Waals surface area (Å²) in [6, 6.07) is 0.930. The summed E-state index contributed by atoms with van der Waals surface area (Å²) in [7, 11) is 0. The zero-order valence-electron chi connectivity index (χ0n) is 11.6. The SMILES string of the molecule is CCOCCc1noc(C2CC3CCCCC3N2)n1. The van der Waals surface area contributed by atoms with Crippen molar-refractivity contribution in [1.82, 2.24) is 15.5 Å². The molecule has 0 bridgehead atoms. The van der Waals surface area contributed by atoms with Crippen LogP contribution in [0.5, 0.6) is 0 Å². The Balaban J connectivity index is 1.57. The van der Waals surface area contributed by atoms with Crippen LogP contribution in [0.3, 0.4) is 0 Å². The minimum atomic E-state index is 0.265. The first kappa shape index (κ1) is 13.1. The number of nitrogens with zero attached hydrogens (tertiary/aromatic N) is 2. The molecule has 3 atom stereocenters. The molecule has 106 valence electrons. The summed E-state index contributed by atoms with van der Waals surface area (Å²) in [5.74, 6) is 2.33. The summed E-state index contributed by atoms with van der Waals surface area (Å²) in [6.45, 7) is 3.39. The molecular formula is C14H23N3O2. The van der Waals surface area contributed by atoms with E-state index in [1.54, 1.807) is 0 Å². The van der Waals surface area contributed by atoms with Crippen molar-refractivity contribution in [2.24, 2.45) is 5.92 Å². The van der Waals surface area contributed by atoms with E-state index >= 15 is 0 Å². The number of hydrogen-bond donors (Lipinski definition) is 1. The van der Waals surface area contributed by atoms with Gasteiger partial charge < -0.3 is 14.6 Å². The second-order valence-electron chi connectivity index (χ2n) is 5.60. The molecule has 2 heterocycles. The lowest BCUT2D eigenvalue weighted by Crippen LogP contribution is -2.30. The number of ether oxygens (including phenoxy) is 1. The van der Waals surface area contributed by atoms with Crippen LogP contribution in [0.25, 0.3) is 0 Å². The van der Waals surface area contributed by atoms with E-state index in [-0.39, 0.29) is 6.04 Å². The Morgan fingerprint density at radius 2 is 2.26 bits per heavy atom. The van der Waals surface area contributed by atoms with Crippen LogP contribution in [0, 0.1) is 5.92 Å². The largest absolute Gasteiger partial charge is 0.381 e. The highest BCUT2D eigenvalue weighted by Gasteiger charge is 2.37. The van der Waals surface area contributed by atoms with E-state index in [2.05, 4.69) is 15.5 Å². The number of aromatic nitrogens is 2. The van der Waals surface area contributed by atoms with Gasteiger partial charge >= 0.3 is 0 Å². The van der Waals surface area contributed by atoms with Gasteiger partial charge in [-0.3, -0.25) is 0 Å². The first-order valence-electron chi connectivity index (χ1n) is 7.53. The molecular weight excluding hydrogens is 242 g/mol. The normalized spacial score (nSPS) is 30.5. The second kappa shape index (κ2) is 6.01. The minimum Gasteiger partial charge on any atom is -0.381 e. The lowest BCUT2D eigenvalue weighted by molar-refractivity contribution is 0.149. The number of fused-ring (bicyclic) bond motifs is 1. The van der Waals surface area contributed by atoms with Crippen molar-refractivity contribution in [2.75, 3.05) is 13.2 Å². The molecule has 2 fully saturated rings. The van der Waals surface area contributed by atoms with E-state index in [9.17, 15) is 0 Å². The van der Waals surface area contributed by atoms with Gasteiger partial charge in [0.1, 0.15) is 0 Å².